The van der Waals surface area contributed by atoms with Gasteiger partial charge < -0.3 is 10.5 Å². The molecular formula is C20H33NO2. The molecule has 0 aliphatic heterocycles. The number of hydrogen-bond donors (Lipinski definition) is 1. The fourth-order valence-electron chi connectivity index (χ4n) is 2.82. The van der Waals surface area contributed by atoms with E-state index in [1.165, 1.54) is 50.5 Å². The normalized spacial score (nSPS) is 10.7. The van der Waals surface area contributed by atoms with Crippen LogP contribution in [0.5, 0.6) is 0 Å². The summed E-state index contributed by atoms with van der Waals surface area (Å²) < 4.78 is 4.92. The van der Waals surface area contributed by atoms with Crippen molar-refractivity contribution in [1.82, 2.24) is 0 Å². The lowest BCUT2D eigenvalue weighted by molar-refractivity contribution is -0.143. The molecule has 0 saturated heterocycles. The predicted molar refractivity (Wildman–Crippen MR) is 97.4 cm³/mol. The SMILES string of the molecule is CCOC(=O)CCCCCCCCCCCc1cccc(N)c1. The number of carbonyl (C=O) groups excluding carboxylic acids is 1. The van der Waals surface area contributed by atoms with Crippen LogP contribution in [0.25, 0.3) is 0 Å². The Labute approximate surface area is 141 Å². The molecule has 1 aromatic carbocycles. The molecule has 0 atom stereocenters. The smallest absolute Gasteiger partial charge is 0.305 e. The van der Waals surface area contributed by atoms with E-state index in [1.54, 1.807) is 0 Å². The highest BCUT2D eigenvalue weighted by Crippen LogP contribution is 2.14. The molecular weight excluding hydrogens is 286 g/mol. The third-order valence-corrected chi connectivity index (χ3v) is 4.10. The van der Waals surface area contributed by atoms with Crippen LogP contribution in [-0.2, 0) is 16.0 Å². The van der Waals surface area contributed by atoms with Gasteiger partial charge in [0.15, 0.2) is 0 Å². The second-order valence-corrected chi connectivity index (χ2v) is 6.23. The number of esters is 1. The van der Waals surface area contributed by atoms with Gasteiger partial charge >= 0.3 is 5.97 Å². The maximum atomic E-state index is 11.2. The first-order valence-electron chi connectivity index (χ1n) is 9.22. The zero-order valence-electron chi connectivity index (χ0n) is 14.7. The first kappa shape index (κ1) is 19.5. The number of rotatable bonds is 13. The van der Waals surface area contributed by atoms with Gasteiger partial charge in [0.05, 0.1) is 6.61 Å². The van der Waals surface area contributed by atoms with Gasteiger partial charge in [0.2, 0.25) is 0 Å². The van der Waals surface area contributed by atoms with Crippen LogP contribution in [0, 0.1) is 0 Å². The first-order chi connectivity index (χ1) is 11.2. The first-order valence-corrected chi connectivity index (χ1v) is 9.22. The molecule has 2 N–H and O–H groups in total. The van der Waals surface area contributed by atoms with Crippen molar-refractivity contribution >= 4 is 11.7 Å². The van der Waals surface area contributed by atoms with Crippen LogP contribution in [0.3, 0.4) is 0 Å². The molecule has 0 aromatic heterocycles. The van der Waals surface area contributed by atoms with Gasteiger partial charge in [-0.2, -0.15) is 0 Å². The summed E-state index contributed by atoms with van der Waals surface area (Å²) in [7, 11) is 0. The molecule has 23 heavy (non-hydrogen) atoms. The van der Waals surface area contributed by atoms with Crippen molar-refractivity contribution in [2.75, 3.05) is 12.3 Å². The van der Waals surface area contributed by atoms with Crippen molar-refractivity contribution in [1.29, 1.82) is 0 Å². The highest BCUT2D eigenvalue weighted by atomic mass is 16.5. The molecule has 3 heteroatoms. The molecule has 0 aliphatic rings. The summed E-state index contributed by atoms with van der Waals surface area (Å²) in [5.41, 5.74) is 8.00. The average molecular weight is 319 g/mol. The molecule has 0 fully saturated rings. The van der Waals surface area contributed by atoms with Gasteiger partial charge in [0.25, 0.3) is 0 Å². The maximum absolute atomic E-state index is 11.2. The van der Waals surface area contributed by atoms with Crippen molar-refractivity contribution in [2.45, 2.75) is 77.6 Å². The minimum atomic E-state index is -0.0485. The van der Waals surface area contributed by atoms with E-state index in [4.69, 9.17) is 10.5 Å². The number of nitrogens with two attached hydrogens (primary N) is 1. The quantitative estimate of drug-likeness (QED) is 0.306. The molecule has 1 rings (SSSR count). The Kier molecular flexibility index (Phi) is 11.0. The number of carbonyl (C=O) groups is 1. The summed E-state index contributed by atoms with van der Waals surface area (Å²) in [6.07, 6.45) is 12.9. The van der Waals surface area contributed by atoms with Crippen molar-refractivity contribution in [3.63, 3.8) is 0 Å². The number of nitrogen functional groups attached to an aromatic ring is 1. The Bertz CT molecular complexity index is 431. The molecule has 0 bridgehead atoms. The average Bonchev–Trinajstić information content (AvgIpc) is 2.53. The van der Waals surface area contributed by atoms with Gasteiger partial charge in [-0.1, -0.05) is 57.1 Å². The van der Waals surface area contributed by atoms with Crippen LogP contribution in [-0.4, -0.2) is 12.6 Å². The predicted octanol–water partition coefficient (Wildman–Crippen LogP) is 5.28. The summed E-state index contributed by atoms with van der Waals surface area (Å²) in [5, 5.41) is 0. The van der Waals surface area contributed by atoms with Crippen LogP contribution in [0.1, 0.15) is 76.7 Å². The fraction of sp³-hybridized carbons (Fsp3) is 0.650. The number of hydrogen-bond acceptors (Lipinski definition) is 3. The summed E-state index contributed by atoms with van der Waals surface area (Å²) in [4.78, 5) is 11.2. The van der Waals surface area contributed by atoms with Gasteiger partial charge in [0.1, 0.15) is 0 Å². The Morgan fingerprint density at radius 1 is 0.957 bits per heavy atom. The van der Waals surface area contributed by atoms with E-state index in [0.29, 0.717) is 13.0 Å². The lowest BCUT2D eigenvalue weighted by atomic mass is 10.0. The second-order valence-electron chi connectivity index (χ2n) is 6.23. The number of ether oxygens (including phenoxy) is 1. The van der Waals surface area contributed by atoms with Crippen LogP contribution >= 0.6 is 0 Å². The van der Waals surface area contributed by atoms with E-state index in [2.05, 4.69) is 12.1 Å². The second kappa shape index (κ2) is 13.0. The molecule has 0 aliphatic carbocycles. The monoisotopic (exact) mass is 319 g/mol. The molecule has 0 amide bonds. The molecule has 0 heterocycles. The van der Waals surface area contributed by atoms with Gasteiger partial charge in [-0.15, -0.1) is 0 Å². The van der Waals surface area contributed by atoms with Crippen LogP contribution < -0.4 is 5.73 Å². The fourth-order valence-corrected chi connectivity index (χ4v) is 2.82. The number of unbranched alkanes of at least 4 members (excludes halogenated alkanes) is 8. The van der Waals surface area contributed by atoms with E-state index in [9.17, 15) is 4.79 Å². The Balaban J connectivity index is 1.84. The van der Waals surface area contributed by atoms with Crippen LogP contribution in [0.4, 0.5) is 5.69 Å². The number of benzene rings is 1. The Hall–Kier alpha value is -1.51. The highest BCUT2D eigenvalue weighted by Gasteiger charge is 2.00. The summed E-state index contributed by atoms with van der Waals surface area (Å²) in [6, 6.07) is 8.21. The number of aryl methyl sites for hydroxylation is 1. The standard InChI is InChI=1S/C20H33NO2/c1-2-23-20(22)16-11-9-7-5-3-4-6-8-10-13-18-14-12-15-19(21)17-18/h12,14-15,17H,2-11,13,16,21H2,1H3. The Morgan fingerprint density at radius 2 is 1.57 bits per heavy atom. The summed E-state index contributed by atoms with van der Waals surface area (Å²) in [6.45, 7) is 2.35. The van der Waals surface area contributed by atoms with Gasteiger partial charge in [-0.3, -0.25) is 4.79 Å². The zero-order chi connectivity index (χ0) is 16.8. The molecule has 0 spiro atoms. The highest BCUT2D eigenvalue weighted by molar-refractivity contribution is 5.69. The minimum absolute atomic E-state index is 0.0485. The van der Waals surface area contributed by atoms with E-state index < -0.39 is 0 Å². The lowest BCUT2D eigenvalue weighted by Gasteiger charge is -2.04. The van der Waals surface area contributed by atoms with Crippen molar-refractivity contribution in [2.24, 2.45) is 0 Å². The topological polar surface area (TPSA) is 52.3 Å². The number of anilines is 1. The van der Waals surface area contributed by atoms with Gasteiger partial charge in [-0.25, -0.2) is 0 Å². The summed E-state index contributed by atoms with van der Waals surface area (Å²) in [5.74, 6) is -0.0485. The Morgan fingerprint density at radius 3 is 2.17 bits per heavy atom. The summed E-state index contributed by atoms with van der Waals surface area (Å²) >= 11 is 0. The third-order valence-electron chi connectivity index (χ3n) is 4.10. The minimum Gasteiger partial charge on any atom is -0.466 e. The van der Waals surface area contributed by atoms with Gasteiger partial charge in [0, 0.05) is 12.1 Å². The molecule has 1 aromatic rings. The van der Waals surface area contributed by atoms with Crippen molar-refractivity contribution < 1.29 is 9.53 Å². The van der Waals surface area contributed by atoms with E-state index in [1.807, 2.05) is 19.1 Å². The van der Waals surface area contributed by atoms with E-state index >= 15 is 0 Å². The maximum Gasteiger partial charge on any atom is 0.305 e. The van der Waals surface area contributed by atoms with Crippen LogP contribution in [0.2, 0.25) is 0 Å². The van der Waals surface area contributed by atoms with Crippen molar-refractivity contribution in [3.05, 3.63) is 29.8 Å². The van der Waals surface area contributed by atoms with Gasteiger partial charge in [-0.05, 0) is 43.9 Å². The molecule has 0 saturated carbocycles. The van der Waals surface area contributed by atoms with Crippen LogP contribution in [0.15, 0.2) is 24.3 Å². The third kappa shape index (κ3) is 10.8. The molecule has 0 radical (unpaired) electrons. The largest absolute Gasteiger partial charge is 0.466 e. The molecule has 0 unspecified atom stereocenters. The zero-order valence-corrected chi connectivity index (χ0v) is 14.7. The van der Waals surface area contributed by atoms with E-state index in [-0.39, 0.29) is 5.97 Å². The molecule has 130 valence electrons. The van der Waals surface area contributed by atoms with E-state index in [0.717, 1.165) is 24.9 Å². The lowest BCUT2D eigenvalue weighted by Crippen LogP contribution is -2.03. The molecule has 3 nitrogen and oxygen atoms in total. The van der Waals surface area contributed by atoms with Crippen molar-refractivity contribution in [3.8, 4) is 0 Å².